The second-order valence-electron chi connectivity index (χ2n) is 0.513. The Morgan fingerprint density at radius 3 is 1.00 bits per heavy atom. The Labute approximate surface area is 104 Å². The van der Waals surface area contributed by atoms with Gasteiger partial charge in [-0.15, -0.1) is 0 Å². The first-order valence-electron chi connectivity index (χ1n) is 0.783. The molecule has 0 saturated carbocycles. The van der Waals surface area contributed by atoms with Crippen LogP contribution in [0.2, 0.25) is 0 Å². The Morgan fingerprint density at radius 2 is 1.00 bits per heavy atom. The van der Waals surface area contributed by atoms with Crippen molar-refractivity contribution >= 4 is 77.0 Å². The monoisotopic (exact) mass is 176 g/mol. The molecule has 0 unspecified atom stereocenters. The second-order valence-corrected chi connectivity index (χ2v) is 1.54. The second kappa shape index (κ2) is 9.41. The van der Waals surface area contributed by atoms with Crippen LogP contribution in [-0.4, -0.2) is 83.8 Å². The fourth-order valence-corrected chi connectivity index (χ4v) is 0. The van der Waals surface area contributed by atoms with E-state index in [0.717, 1.165) is 0 Å². The van der Waals surface area contributed by atoms with Gasteiger partial charge >= 0.3 is 77.0 Å². The summed E-state index contributed by atoms with van der Waals surface area (Å²) in [5.74, 6) is 0. The first-order chi connectivity index (χ1) is 2.00. The normalized spacial score (nSPS) is 7.38. The minimum atomic E-state index is -4.64. The Kier molecular flexibility index (Phi) is 26.4. The molecule has 3 N–H and O–H groups in total. The van der Waals surface area contributed by atoms with Crippen LogP contribution in [-0.2, 0) is 4.57 Å². The summed E-state index contributed by atoms with van der Waals surface area (Å²) in [5.41, 5.74) is 0. The summed E-state index contributed by atoms with van der Waals surface area (Å²) in [4.78, 5) is 21.6. The molecule has 0 aromatic heterocycles. The molecule has 0 spiro atoms. The molecule has 0 atom stereocenters. The Hall–Kier alpha value is 2.41. The van der Waals surface area contributed by atoms with Crippen LogP contribution < -0.4 is 0 Å². The molecular formula is H9Mg3O4P. The van der Waals surface area contributed by atoms with E-state index in [4.69, 9.17) is 19.2 Å². The molecule has 44 valence electrons. The van der Waals surface area contributed by atoms with Crippen LogP contribution in [0.4, 0.5) is 0 Å². The third-order valence-electron chi connectivity index (χ3n) is 0. The molecule has 8 heteroatoms. The maximum absolute atomic E-state index is 8.88. The molecule has 0 bridgehead atoms. The van der Waals surface area contributed by atoms with E-state index in [0.29, 0.717) is 0 Å². The van der Waals surface area contributed by atoms with Gasteiger partial charge in [-0.3, -0.25) is 0 Å². The molecule has 4 nitrogen and oxygen atoms in total. The summed E-state index contributed by atoms with van der Waals surface area (Å²) in [6, 6.07) is 0. The minimum Gasteiger partial charge on any atom is -1.00 e. The van der Waals surface area contributed by atoms with Crippen molar-refractivity contribution in [3.8, 4) is 0 Å². The Bertz CT molecular complexity index is 71.2. The van der Waals surface area contributed by atoms with Gasteiger partial charge < -0.3 is 23.2 Å². The van der Waals surface area contributed by atoms with Gasteiger partial charge in [0.25, 0.3) is 0 Å². The van der Waals surface area contributed by atoms with Crippen LogP contribution in [0.5, 0.6) is 0 Å². The first-order valence-corrected chi connectivity index (χ1v) is 2.35. The van der Waals surface area contributed by atoms with E-state index in [1.54, 1.807) is 0 Å². The van der Waals surface area contributed by atoms with Gasteiger partial charge in [0.1, 0.15) is 0 Å². The van der Waals surface area contributed by atoms with Gasteiger partial charge in [-0.25, -0.2) is 4.57 Å². The van der Waals surface area contributed by atoms with Gasteiger partial charge in [0.15, 0.2) is 0 Å². The molecule has 0 saturated heterocycles. The summed E-state index contributed by atoms with van der Waals surface area (Å²) in [5, 5.41) is 0. The van der Waals surface area contributed by atoms with Gasteiger partial charge in [0.2, 0.25) is 0 Å². The largest absolute Gasteiger partial charge is 2.00 e. The quantitative estimate of drug-likeness (QED) is 0.314. The van der Waals surface area contributed by atoms with E-state index in [1.807, 2.05) is 0 Å². The number of phosphoric acid groups is 1. The molecule has 0 aliphatic rings. The van der Waals surface area contributed by atoms with E-state index < -0.39 is 7.82 Å². The minimum absolute atomic E-state index is 0. The van der Waals surface area contributed by atoms with Crippen molar-refractivity contribution < 1.29 is 27.8 Å². The average molecular weight is 177 g/mol. The van der Waals surface area contributed by atoms with E-state index in [2.05, 4.69) is 0 Å². The average Bonchev–Trinajstić information content (AvgIpc) is 0.722. The van der Waals surface area contributed by atoms with Crippen molar-refractivity contribution in [3.63, 3.8) is 0 Å². The summed E-state index contributed by atoms with van der Waals surface area (Å²) in [6.45, 7) is 0. The molecule has 0 radical (unpaired) electrons. The van der Waals surface area contributed by atoms with Gasteiger partial charge in [-0.05, 0) is 0 Å². The van der Waals surface area contributed by atoms with Gasteiger partial charge in [-0.2, -0.15) is 0 Å². The molecule has 0 aromatic rings. The van der Waals surface area contributed by atoms with E-state index in [1.165, 1.54) is 0 Å². The summed E-state index contributed by atoms with van der Waals surface area (Å²) in [7, 11) is -4.64. The summed E-state index contributed by atoms with van der Waals surface area (Å²) >= 11 is 0. The van der Waals surface area contributed by atoms with Crippen molar-refractivity contribution in [2.45, 2.75) is 0 Å². The third kappa shape index (κ3) is 79.6. The fourth-order valence-electron chi connectivity index (χ4n) is 0. The van der Waals surface area contributed by atoms with E-state index >= 15 is 0 Å². The topological polar surface area (TPSA) is 77.8 Å². The van der Waals surface area contributed by atoms with Crippen LogP contribution >= 0.6 is 7.82 Å². The van der Waals surface area contributed by atoms with Gasteiger partial charge in [0.05, 0.1) is 0 Å². The standard InChI is InChI=1S/3Mg.H3O4P.6H/c;;;1-5(2,3)4;;;;;;/h;;;(H3,1,2,3,4);;;;;;/q3*+2;;6*-1. The molecule has 0 fully saturated rings. The molecule has 0 aliphatic heterocycles. The van der Waals surface area contributed by atoms with E-state index in [-0.39, 0.29) is 77.7 Å². The number of hydrogen-bond donors (Lipinski definition) is 3. The Balaban J connectivity index is -0.00000000222. The number of hydrogen-bond acceptors (Lipinski definition) is 1. The van der Waals surface area contributed by atoms with Crippen LogP contribution in [0.3, 0.4) is 0 Å². The third-order valence-corrected chi connectivity index (χ3v) is 0. The molecule has 0 aromatic carbocycles. The van der Waals surface area contributed by atoms with Gasteiger partial charge in [0, 0.05) is 0 Å². The summed E-state index contributed by atoms with van der Waals surface area (Å²) in [6.07, 6.45) is 0. The van der Waals surface area contributed by atoms with Crippen molar-refractivity contribution in [2.75, 3.05) is 0 Å². The van der Waals surface area contributed by atoms with Crippen LogP contribution in [0.1, 0.15) is 8.56 Å². The molecular weight excluding hydrogens is 168 g/mol. The summed E-state index contributed by atoms with van der Waals surface area (Å²) < 4.78 is 8.88. The zero-order chi connectivity index (χ0) is 4.50. The van der Waals surface area contributed by atoms with Crippen LogP contribution in [0.15, 0.2) is 0 Å². The smallest absolute Gasteiger partial charge is 1.00 e. The van der Waals surface area contributed by atoms with Crippen molar-refractivity contribution in [3.05, 3.63) is 0 Å². The zero-order valence-corrected chi connectivity index (χ0v) is 9.46. The van der Waals surface area contributed by atoms with Crippen LogP contribution in [0.25, 0.3) is 0 Å². The van der Waals surface area contributed by atoms with Crippen molar-refractivity contribution in [2.24, 2.45) is 0 Å². The number of rotatable bonds is 0. The van der Waals surface area contributed by atoms with Gasteiger partial charge in [-0.1, -0.05) is 0 Å². The maximum Gasteiger partial charge on any atom is 2.00 e. The molecule has 0 amide bonds. The predicted molar refractivity (Wildman–Crippen MR) is 38.2 cm³/mol. The Morgan fingerprint density at radius 1 is 1.00 bits per heavy atom. The molecule has 0 rings (SSSR count). The fraction of sp³-hybridized carbons (Fsp3) is 0. The van der Waals surface area contributed by atoms with E-state index in [9.17, 15) is 0 Å². The molecule has 8 heavy (non-hydrogen) atoms. The maximum atomic E-state index is 8.88. The first kappa shape index (κ1) is 22.4. The van der Waals surface area contributed by atoms with Crippen molar-refractivity contribution in [1.82, 2.24) is 0 Å². The SMILES string of the molecule is O=P(O)(O)O.[H-].[H-].[H-].[H-].[H-].[H-].[Mg+2].[Mg+2].[Mg+2]. The molecule has 0 heterocycles. The zero-order valence-electron chi connectivity index (χ0n) is 10.3. The molecule has 0 aliphatic carbocycles. The van der Waals surface area contributed by atoms with Crippen molar-refractivity contribution in [1.29, 1.82) is 0 Å². The predicted octanol–water partition coefficient (Wildman–Crippen LogP) is -1.40. The van der Waals surface area contributed by atoms with Crippen LogP contribution in [0, 0.1) is 0 Å².